The quantitative estimate of drug-likeness (QED) is 0.371. The molecule has 2 aliphatic rings. The first-order valence-corrected chi connectivity index (χ1v) is 13.0. The molecule has 0 aromatic heterocycles. The number of hydrogen-bond donors (Lipinski definition) is 2. The van der Waals surface area contributed by atoms with Crippen molar-refractivity contribution >= 4 is 29.3 Å². The summed E-state index contributed by atoms with van der Waals surface area (Å²) in [6.45, 7) is 3.92. The summed E-state index contributed by atoms with van der Waals surface area (Å²) in [7, 11) is 0. The van der Waals surface area contributed by atoms with E-state index in [1.54, 1.807) is 24.3 Å². The van der Waals surface area contributed by atoms with Crippen LogP contribution in [0.5, 0.6) is 11.5 Å². The maximum absolute atomic E-state index is 13.1. The highest BCUT2D eigenvalue weighted by Crippen LogP contribution is 2.48. The van der Waals surface area contributed by atoms with Crippen molar-refractivity contribution in [2.24, 2.45) is 5.92 Å². The Morgan fingerprint density at radius 2 is 1.85 bits per heavy atom. The monoisotopic (exact) mass is 502 g/mol. The number of halogens is 1. The summed E-state index contributed by atoms with van der Waals surface area (Å²) in [5.74, 6) is 0.634. The number of phenols is 1. The second-order valence-electron chi connectivity index (χ2n) is 9.42. The number of carbonyl (C=O) groups excluding carboxylic acids is 1. The molecular weight excluding hydrogens is 472 g/mol. The number of rotatable bonds is 8. The third kappa shape index (κ3) is 5.66. The van der Waals surface area contributed by atoms with Gasteiger partial charge in [0.15, 0.2) is 0 Å². The van der Waals surface area contributed by atoms with E-state index < -0.39 is 11.6 Å². The molecule has 0 spiro atoms. The Bertz CT molecular complexity index is 1060. The van der Waals surface area contributed by atoms with Gasteiger partial charge in [0.1, 0.15) is 27.8 Å². The van der Waals surface area contributed by atoms with Crippen LogP contribution >= 0.6 is 23.4 Å². The standard InChI is InChI=1S/C27H31ClO5S/c1-17(2)32-24-12-7-18(15-22(24)28)13-14-27(19-5-3-4-6-19)16-23(30)25(26(31)33-27)34-21-10-8-20(29)9-11-21/h7-12,15,17,19,29-30H,3-6,13-14,16H2,1-2H3. The van der Waals surface area contributed by atoms with E-state index in [0.29, 0.717) is 30.0 Å². The number of aliphatic hydroxyl groups excluding tert-OH is 1. The minimum atomic E-state index is -0.726. The number of ether oxygens (including phenoxy) is 2. The summed E-state index contributed by atoms with van der Waals surface area (Å²) in [5, 5.41) is 21.1. The molecule has 1 saturated carbocycles. The first-order chi connectivity index (χ1) is 16.3. The highest BCUT2D eigenvalue weighted by Gasteiger charge is 2.48. The average molecular weight is 503 g/mol. The normalized spacial score (nSPS) is 21.2. The largest absolute Gasteiger partial charge is 0.511 e. The van der Waals surface area contributed by atoms with Crippen LogP contribution in [-0.2, 0) is 16.0 Å². The van der Waals surface area contributed by atoms with Crippen molar-refractivity contribution in [3.05, 3.63) is 63.7 Å². The molecule has 182 valence electrons. The zero-order valence-electron chi connectivity index (χ0n) is 19.6. The third-order valence-electron chi connectivity index (χ3n) is 6.56. The lowest BCUT2D eigenvalue weighted by Gasteiger charge is -2.41. The van der Waals surface area contributed by atoms with Gasteiger partial charge in [-0.15, -0.1) is 0 Å². The number of phenolic OH excluding ortho intramolecular Hbond substituents is 1. The molecule has 5 nitrogen and oxygen atoms in total. The Morgan fingerprint density at radius 1 is 1.15 bits per heavy atom. The van der Waals surface area contributed by atoms with Gasteiger partial charge in [0.05, 0.1) is 11.1 Å². The van der Waals surface area contributed by atoms with E-state index in [1.807, 2.05) is 32.0 Å². The van der Waals surface area contributed by atoms with Crippen LogP contribution in [-0.4, -0.2) is 27.9 Å². The molecule has 0 radical (unpaired) electrons. The molecule has 0 saturated heterocycles. The van der Waals surface area contributed by atoms with E-state index in [4.69, 9.17) is 21.1 Å². The molecule has 2 aromatic rings. The predicted octanol–water partition coefficient (Wildman–Crippen LogP) is 7.20. The lowest BCUT2D eigenvalue weighted by Crippen LogP contribution is -2.45. The minimum absolute atomic E-state index is 0.0408. The number of thioether (sulfide) groups is 1. The number of aryl methyl sites for hydroxylation is 1. The molecule has 7 heteroatoms. The van der Waals surface area contributed by atoms with Gasteiger partial charge in [-0.3, -0.25) is 0 Å². The van der Waals surface area contributed by atoms with Gasteiger partial charge in [-0.25, -0.2) is 4.79 Å². The van der Waals surface area contributed by atoms with E-state index in [1.165, 1.54) is 11.8 Å². The Kier molecular flexibility index (Phi) is 7.68. The SMILES string of the molecule is CC(C)Oc1ccc(CCC2(C3CCCC3)CC(O)=C(Sc3ccc(O)cc3)C(=O)O2)cc1Cl. The molecule has 1 atom stereocenters. The zero-order chi connectivity index (χ0) is 24.3. The molecule has 4 rings (SSSR count). The lowest BCUT2D eigenvalue weighted by molar-refractivity contribution is -0.166. The molecule has 1 fully saturated rings. The maximum atomic E-state index is 13.1. The number of aromatic hydroxyl groups is 1. The molecule has 1 unspecified atom stereocenters. The van der Waals surface area contributed by atoms with E-state index >= 15 is 0 Å². The molecule has 0 bridgehead atoms. The van der Waals surface area contributed by atoms with Crippen LogP contribution < -0.4 is 4.74 Å². The molecule has 2 aromatic carbocycles. The van der Waals surface area contributed by atoms with Gasteiger partial charge in [-0.2, -0.15) is 0 Å². The first-order valence-electron chi connectivity index (χ1n) is 11.8. The topological polar surface area (TPSA) is 76.0 Å². The number of esters is 1. The van der Waals surface area contributed by atoms with Crippen LogP contribution in [0.2, 0.25) is 5.02 Å². The van der Waals surface area contributed by atoms with Gasteiger partial charge in [-0.1, -0.05) is 42.3 Å². The number of benzene rings is 2. The van der Waals surface area contributed by atoms with Crippen molar-refractivity contribution < 1.29 is 24.5 Å². The lowest BCUT2D eigenvalue weighted by atomic mass is 9.77. The number of carbonyl (C=O) groups is 1. The van der Waals surface area contributed by atoms with Gasteiger partial charge in [0.25, 0.3) is 0 Å². The maximum Gasteiger partial charge on any atom is 0.349 e. The molecule has 1 aliphatic heterocycles. The summed E-state index contributed by atoms with van der Waals surface area (Å²) in [6.07, 6.45) is 5.84. The summed E-state index contributed by atoms with van der Waals surface area (Å²) in [4.78, 5) is 14.1. The smallest absolute Gasteiger partial charge is 0.349 e. The van der Waals surface area contributed by atoms with Crippen molar-refractivity contribution in [1.82, 2.24) is 0 Å². The van der Waals surface area contributed by atoms with Gasteiger partial charge in [-0.05, 0) is 87.4 Å². The van der Waals surface area contributed by atoms with Crippen LogP contribution in [0.1, 0.15) is 57.9 Å². The first kappa shape index (κ1) is 24.8. The highest BCUT2D eigenvalue weighted by molar-refractivity contribution is 8.04. The summed E-state index contributed by atoms with van der Waals surface area (Å²) in [5.41, 5.74) is 0.318. The number of cyclic esters (lactones) is 1. The van der Waals surface area contributed by atoms with Crippen LogP contribution in [0.25, 0.3) is 0 Å². The molecule has 1 aliphatic carbocycles. The van der Waals surface area contributed by atoms with Crippen molar-refractivity contribution in [2.45, 2.75) is 75.4 Å². The van der Waals surface area contributed by atoms with Crippen LogP contribution in [0.4, 0.5) is 0 Å². The minimum Gasteiger partial charge on any atom is -0.511 e. The predicted molar refractivity (Wildman–Crippen MR) is 135 cm³/mol. The highest BCUT2D eigenvalue weighted by atomic mass is 35.5. The van der Waals surface area contributed by atoms with Crippen LogP contribution in [0.3, 0.4) is 0 Å². The Labute approximate surface area is 210 Å². The fourth-order valence-corrected chi connectivity index (χ4v) is 5.98. The van der Waals surface area contributed by atoms with Gasteiger partial charge >= 0.3 is 5.97 Å². The average Bonchev–Trinajstić information content (AvgIpc) is 3.33. The van der Waals surface area contributed by atoms with Gasteiger partial charge in [0, 0.05) is 11.3 Å². The second kappa shape index (κ2) is 10.5. The summed E-state index contributed by atoms with van der Waals surface area (Å²) >= 11 is 7.60. The molecule has 0 amide bonds. The number of aliphatic hydroxyl groups is 1. The van der Waals surface area contributed by atoms with Gasteiger partial charge < -0.3 is 19.7 Å². The van der Waals surface area contributed by atoms with Crippen LogP contribution in [0.15, 0.2) is 58.0 Å². The zero-order valence-corrected chi connectivity index (χ0v) is 21.1. The van der Waals surface area contributed by atoms with Crippen molar-refractivity contribution in [3.63, 3.8) is 0 Å². The van der Waals surface area contributed by atoms with Crippen molar-refractivity contribution in [3.8, 4) is 11.5 Å². The third-order valence-corrected chi connectivity index (χ3v) is 7.97. The Hall–Kier alpha value is -2.31. The fraction of sp³-hybridized carbons (Fsp3) is 0.444. The van der Waals surface area contributed by atoms with E-state index in [9.17, 15) is 15.0 Å². The van der Waals surface area contributed by atoms with Gasteiger partial charge in [0.2, 0.25) is 0 Å². The fourth-order valence-electron chi connectivity index (χ4n) is 4.91. The van der Waals surface area contributed by atoms with Crippen molar-refractivity contribution in [2.75, 3.05) is 0 Å². The molecule has 34 heavy (non-hydrogen) atoms. The molecule has 2 N–H and O–H groups in total. The molecular formula is C27H31ClO5S. The van der Waals surface area contributed by atoms with Crippen LogP contribution in [0, 0.1) is 5.92 Å². The Balaban J connectivity index is 1.54. The van der Waals surface area contributed by atoms with E-state index in [-0.39, 0.29) is 28.4 Å². The summed E-state index contributed by atoms with van der Waals surface area (Å²) in [6, 6.07) is 12.3. The number of hydrogen-bond acceptors (Lipinski definition) is 6. The van der Waals surface area contributed by atoms with E-state index in [0.717, 1.165) is 36.1 Å². The van der Waals surface area contributed by atoms with Crippen molar-refractivity contribution in [1.29, 1.82) is 0 Å². The Morgan fingerprint density at radius 3 is 2.47 bits per heavy atom. The van der Waals surface area contributed by atoms with E-state index in [2.05, 4.69) is 0 Å². The molecule has 1 heterocycles. The second-order valence-corrected chi connectivity index (χ2v) is 10.9. The summed E-state index contributed by atoms with van der Waals surface area (Å²) < 4.78 is 11.9.